The van der Waals surface area contributed by atoms with E-state index in [1.54, 1.807) is 0 Å². The molecule has 1 atom stereocenters. The molecule has 4 nitrogen and oxygen atoms in total. The van der Waals surface area contributed by atoms with Crippen molar-refractivity contribution in [2.24, 2.45) is 0 Å². The molecule has 102 valence electrons. The van der Waals surface area contributed by atoms with Crippen molar-refractivity contribution in [2.75, 3.05) is 6.79 Å². The van der Waals surface area contributed by atoms with Gasteiger partial charge >= 0.3 is 18.6 Å². The minimum atomic E-state index is -5.90. The van der Waals surface area contributed by atoms with Gasteiger partial charge in [-0.2, -0.15) is 26.3 Å². The lowest BCUT2D eigenvalue weighted by atomic mass is 10.8. The predicted molar refractivity (Wildman–Crippen MR) is 36.7 cm³/mol. The van der Waals surface area contributed by atoms with E-state index in [1.807, 2.05) is 0 Å². The summed E-state index contributed by atoms with van der Waals surface area (Å²) < 4.78 is 85.8. The van der Waals surface area contributed by atoms with Crippen molar-refractivity contribution < 1.29 is 45.1 Å². The molecule has 0 amide bonds. The number of nitrogens with zero attached hydrogens (tertiary/aromatic N) is 1. The maximum absolute atomic E-state index is 11.9. The normalized spacial score (nSPS) is 14.9. The molecule has 17 heavy (non-hydrogen) atoms. The number of esters is 1. The summed E-state index contributed by atoms with van der Waals surface area (Å²) in [5, 5.41) is -2.31. The van der Waals surface area contributed by atoms with Crippen molar-refractivity contribution in [3.63, 3.8) is 0 Å². The van der Waals surface area contributed by atoms with Gasteiger partial charge in [0.1, 0.15) is 0 Å². The molecule has 0 rings (SSSR count). The third-order valence-electron chi connectivity index (χ3n) is 1.02. The zero-order valence-corrected chi connectivity index (χ0v) is 8.24. The van der Waals surface area contributed by atoms with Crippen LogP contribution in [0.4, 0.5) is 30.7 Å². The fourth-order valence-corrected chi connectivity index (χ4v) is 0.553. The Morgan fingerprint density at radius 1 is 1.18 bits per heavy atom. The first kappa shape index (κ1) is 16.2. The number of alkyl halides is 8. The van der Waals surface area contributed by atoms with Crippen molar-refractivity contribution in [1.29, 1.82) is 0 Å². The van der Waals surface area contributed by atoms with Crippen LogP contribution in [0.2, 0.25) is 0 Å². The highest BCUT2D eigenvalue weighted by Gasteiger charge is 2.56. The number of hydroxylamine groups is 2. The van der Waals surface area contributed by atoms with Gasteiger partial charge in [-0.1, -0.05) is 11.6 Å². The summed E-state index contributed by atoms with van der Waals surface area (Å²) in [7, 11) is 0. The lowest BCUT2D eigenvalue weighted by molar-refractivity contribution is -0.491. The largest absolute Gasteiger partial charge is 0.490 e. The molecule has 0 saturated heterocycles. The highest BCUT2D eigenvalue weighted by atomic mass is 35.5. The molecule has 0 saturated carbocycles. The number of halogens is 8. The molecule has 0 aliphatic heterocycles. The number of rotatable bonds is 4. The van der Waals surface area contributed by atoms with Gasteiger partial charge in [-0.25, -0.2) is 14.0 Å². The molecule has 0 aliphatic carbocycles. The molecule has 0 aromatic carbocycles. The van der Waals surface area contributed by atoms with Gasteiger partial charge in [-0.3, -0.25) is 0 Å². The Hall–Kier alpha value is -0.810. The van der Waals surface area contributed by atoms with E-state index in [-0.39, 0.29) is 0 Å². The van der Waals surface area contributed by atoms with Crippen LogP contribution in [-0.4, -0.2) is 36.1 Å². The molecule has 12 heteroatoms. The molecule has 0 N–H and O–H groups in total. The summed E-state index contributed by atoms with van der Waals surface area (Å²) >= 11 is 4.47. The standard InChI is InChI=1S/C5H3ClF7NO3/c6-2(7)3(15)16-1-17-14(4(8,9)10)5(11,12)13/h2H,1H2. The average molecular weight is 294 g/mol. The van der Waals surface area contributed by atoms with Crippen molar-refractivity contribution in [3.05, 3.63) is 0 Å². The van der Waals surface area contributed by atoms with Gasteiger partial charge in [0, 0.05) is 5.06 Å². The third kappa shape index (κ3) is 5.89. The molecule has 0 radical (unpaired) electrons. The summed E-state index contributed by atoms with van der Waals surface area (Å²) in [6.07, 6.45) is -11.8. The summed E-state index contributed by atoms with van der Waals surface area (Å²) in [5.41, 5.74) is -2.72. The van der Waals surface area contributed by atoms with Crippen molar-refractivity contribution >= 4 is 17.6 Å². The molecule has 1 unspecified atom stereocenters. The SMILES string of the molecule is O=C(OCON(C(F)(F)F)C(F)(F)F)C(F)Cl. The van der Waals surface area contributed by atoms with Crippen molar-refractivity contribution in [1.82, 2.24) is 5.06 Å². The summed E-state index contributed by atoms with van der Waals surface area (Å²) in [6.45, 7) is -1.80. The first-order chi connectivity index (χ1) is 7.46. The van der Waals surface area contributed by atoms with Crippen LogP contribution < -0.4 is 0 Å². The fraction of sp³-hybridized carbons (Fsp3) is 0.800. The third-order valence-corrected chi connectivity index (χ3v) is 1.20. The second-order valence-electron chi connectivity index (χ2n) is 2.24. The smallest absolute Gasteiger partial charge is 0.434 e. The molecule has 0 heterocycles. The molecule has 0 aliphatic rings. The number of hydrogen-bond acceptors (Lipinski definition) is 4. The zero-order chi connectivity index (χ0) is 13.9. The molecule has 0 aromatic heterocycles. The van der Waals surface area contributed by atoms with E-state index < -0.39 is 36.1 Å². The van der Waals surface area contributed by atoms with Crippen LogP contribution >= 0.6 is 11.6 Å². The highest BCUT2D eigenvalue weighted by molar-refractivity contribution is 6.28. The second-order valence-corrected chi connectivity index (χ2v) is 2.62. The molecule has 0 aromatic rings. The molecule has 0 fully saturated rings. The Bertz CT molecular complexity index is 251. The lowest BCUT2D eigenvalue weighted by Crippen LogP contribution is -2.48. The number of hydrogen-bond donors (Lipinski definition) is 0. The van der Waals surface area contributed by atoms with Crippen molar-refractivity contribution in [3.8, 4) is 0 Å². The van der Waals surface area contributed by atoms with Gasteiger partial charge in [0.2, 0.25) is 6.79 Å². The Kier molecular flexibility index (Phi) is 5.42. The first-order valence-electron chi connectivity index (χ1n) is 3.47. The molecular weight excluding hydrogens is 290 g/mol. The minimum absolute atomic E-state index is 1.80. The zero-order valence-electron chi connectivity index (χ0n) is 7.48. The van der Waals surface area contributed by atoms with Crippen LogP contribution in [0, 0.1) is 0 Å². The number of carbonyl (C=O) groups excluding carboxylic acids is 1. The van der Waals surface area contributed by atoms with E-state index in [4.69, 9.17) is 0 Å². The fourth-order valence-electron chi connectivity index (χ4n) is 0.490. The monoisotopic (exact) mass is 293 g/mol. The van der Waals surface area contributed by atoms with Gasteiger partial charge < -0.3 is 4.74 Å². The Morgan fingerprint density at radius 2 is 1.59 bits per heavy atom. The molecular formula is C5H3ClF7NO3. The maximum Gasteiger partial charge on any atom is 0.490 e. The van der Waals surface area contributed by atoms with Crippen LogP contribution in [-0.2, 0) is 14.4 Å². The van der Waals surface area contributed by atoms with E-state index in [0.717, 1.165) is 0 Å². The van der Waals surface area contributed by atoms with E-state index in [1.165, 1.54) is 0 Å². The average Bonchev–Trinajstić information content (AvgIpc) is 2.07. The number of ether oxygens (including phenoxy) is 1. The molecule has 0 bridgehead atoms. The number of carbonyl (C=O) groups is 1. The summed E-state index contributed by atoms with van der Waals surface area (Å²) in [5.74, 6) is -1.88. The summed E-state index contributed by atoms with van der Waals surface area (Å²) in [6, 6.07) is 0. The quantitative estimate of drug-likeness (QED) is 0.199. The summed E-state index contributed by atoms with van der Waals surface area (Å²) in [4.78, 5) is 13.3. The van der Waals surface area contributed by atoms with E-state index in [0.29, 0.717) is 0 Å². The van der Waals surface area contributed by atoms with Crippen LogP contribution in [0.1, 0.15) is 0 Å². The van der Waals surface area contributed by atoms with Gasteiger partial charge in [0.05, 0.1) is 0 Å². The van der Waals surface area contributed by atoms with Crippen LogP contribution in [0.25, 0.3) is 0 Å². The van der Waals surface area contributed by atoms with Gasteiger partial charge in [0.15, 0.2) is 0 Å². The predicted octanol–water partition coefficient (Wildman–Crippen LogP) is 2.29. The van der Waals surface area contributed by atoms with Crippen molar-refractivity contribution in [2.45, 2.75) is 18.2 Å². The van der Waals surface area contributed by atoms with E-state index in [2.05, 4.69) is 21.2 Å². The van der Waals surface area contributed by atoms with E-state index >= 15 is 0 Å². The van der Waals surface area contributed by atoms with Gasteiger partial charge in [-0.05, 0) is 0 Å². The topological polar surface area (TPSA) is 38.8 Å². The lowest BCUT2D eigenvalue weighted by Gasteiger charge is -2.24. The Labute approximate surface area is 93.8 Å². The maximum atomic E-state index is 11.9. The Balaban J connectivity index is 4.36. The highest BCUT2D eigenvalue weighted by Crippen LogP contribution is 2.33. The van der Waals surface area contributed by atoms with Gasteiger partial charge in [-0.15, -0.1) is 0 Å². The van der Waals surface area contributed by atoms with E-state index in [9.17, 15) is 35.5 Å². The molecule has 0 spiro atoms. The first-order valence-corrected chi connectivity index (χ1v) is 3.91. The van der Waals surface area contributed by atoms with Gasteiger partial charge in [0.25, 0.3) is 5.63 Å². The Morgan fingerprint density at radius 3 is 1.88 bits per heavy atom. The second kappa shape index (κ2) is 5.69. The van der Waals surface area contributed by atoms with Crippen LogP contribution in [0.15, 0.2) is 0 Å². The van der Waals surface area contributed by atoms with Crippen LogP contribution in [0.5, 0.6) is 0 Å². The minimum Gasteiger partial charge on any atom is -0.434 e. The van der Waals surface area contributed by atoms with Crippen LogP contribution in [0.3, 0.4) is 0 Å².